The summed E-state index contributed by atoms with van der Waals surface area (Å²) in [5.41, 5.74) is 0.694. The molecule has 0 bridgehead atoms. The first-order valence-corrected chi connectivity index (χ1v) is 12.3. The number of benzene rings is 1. The number of carbonyl (C=O) groups excluding carboxylic acids is 2. The summed E-state index contributed by atoms with van der Waals surface area (Å²) in [5.74, 6) is 1.67. The number of carbonyl (C=O) groups is 2. The predicted molar refractivity (Wildman–Crippen MR) is 122 cm³/mol. The van der Waals surface area contributed by atoms with Crippen LogP contribution in [0.3, 0.4) is 0 Å². The van der Waals surface area contributed by atoms with Crippen molar-refractivity contribution in [1.29, 1.82) is 0 Å². The summed E-state index contributed by atoms with van der Waals surface area (Å²) in [4.78, 5) is 37.5. The maximum absolute atomic E-state index is 12.8. The fourth-order valence-electron chi connectivity index (χ4n) is 8.17. The van der Waals surface area contributed by atoms with Crippen LogP contribution in [0.25, 0.3) is 0 Å². The van der Waals surface area contributed by atoms with Gasteiger partial charge in [0, 0.05) is 31.6 Å². The molecule has 178 valence electrons. The summed E-state index contributed by atoms with van der Waals surface area (Å²) in [5, 5.41) is 10.9. The lowest BCUT2D eigenvalue weighted by molar-refractivity contribution is -0.384. The van der Waals surface area contributed by atoms with Crippen molar-refractivity contribution in [2.45, 2.75) is 77.4 Å². The Kier molecular flexibility index (Phi) is 5.29. The first kappa shape index (κ1) is 22.4. The second kappa shape index (κ2) is 7.81. The Hall–Kier alpha value is -2.44. The molecule has 7 nitrogen and oxygen atoms in total. The van der Waals surface area contributed by atoms with Crippen molar-refractivity contribution < 1.29 is 19.2 Å². The summed E-state index contributed by atoms with van der Waals surface area (Å²) in [7, 11) is 1.99. The molecule has 1 amide bonds. The number of nitro groups is 1. The molecule has 5 rings (SSSR count). The Labute approximate surface area is 195 Å². The Morgan fingerprint density at radius 3 is 2.55 bits per heavy atom. The van der Waals surface area contributed by atoms with E-state index in [1.54, 1.807) is 0 Å². The van der Waals surface area contributed by atoms with Crippen molar-refractivity contribution >= 4 is 17.6 Å². The van der Waals surface area contributed by atoms with Crippen molar-refractivity contribution in [3.8, 4) is 0 Å². The van der Waals surface area contributed by atoms with Crippen LogP contribution in [0.1, 0.15) is 75.6 Å². The monoisotopic (exact) mass is 454 g/mol. The maximum atomic E-state index is 12.8. The minimum absolute atomic E-state index is 0.0313. The van der Waals surface area contributed by atoms with Gasteiger partial charge in [0.2, 0.25) is 5.91 Å². The number of hydrogen-bond donors (Lipinski definition) is 0. The fourth-order valence-corrected chi connectivity index (χ4v) is 8.17. The quantitative estimate of drug-likeness (QED) is 0.365. The number of hydrogen-bond acceptors (Lipinski definition) is 5. The molecule has 3 saturated carbocycles. The summed E-state index contributed by atoms with van der Waals surface area (Å²) < 4.78 is 5.94. The van der Waals surface area contributed by atoms with Gasteiger partial charge in [0.15, 0.2) is 0 Å². The van der Waals surface area contributed by atoms with E-state index < -0.39 is 10.9 Å². The van der Waals surface area contributed by atoms with E-state index in [0.29, 0.717) is 35.8 Å². The minimum Gasteiger partial charge on any atom is -0.459 e. The van der Waals surface area contributed by atoms with Crippen LogP contribution < -0.4 is 0 Å². The first-order valence-electron chi connectivity index (χ1n) is 12.3. The van der Waals surface area contributed by atoms with Crippen LogP contribution in [-0.4, -0.2) is 40.9 Å². The lowest BCUT2D eigenvalue weighted by Gasteiger charge is -2.61. The maximum Gasteiger partial charge on any atom is 0.338 e. The second-order valence-electron chi connectivity index (χ2n) is 11.4. The van der Waals surface area contributed by atoms with Crippen molar-refractivity contribution in [1.82, 2.24) is 4.90 Å². The fraction of sp³-hybridized carbons (Fsp3) is 0.692. The van der Waals surface area contributed by atoms with Gasteiger partial charge in [-0.05, 0) is 85.7 Å². The van der Waals surface area contributed by atoms with Crippen molar-refractivity contribution in [2.24, 2.45) is 28.6 Å². The number of fused-ring (bicyclic) bond motifs is 5. The molecule has 0 N–H and O–H groups in total. The number of nitrogens with zero attached hydrogens (tertiary/aromatic N) is 2. The molecule has 0 spiro atoms. The van der Waals surface area contributed by atoms with Gasteiger partial charge in [-0.25, -0.2) is 4.79 Å². The molecule has 7 heteroatoms. The molecule has 1 saturated heterocycles. The van der Waals surface area contributed by atoms with E-state index in [4.69, 9.17) is 4.74 Å². The average Bonchev–Trinajstić information content (AvgIpc) is 3.12. The number of non-ortho nitro benzene ring substituents is 1. The SMILES string of the molecule is CN1C(=O)CC[C@]2(C)C3CC[C@]4(C)CC(OC(=O)c5ccc([N+](=O)[O-])cc5)CC4C3CCC12. The largest absolute Gasteiger partial charge is 0.459 e. The van der Waals surface area contributed by atoms with E-state index in [2.05, 4.69) is 13.8 Å². The third kappa shape index (κ3) is 3.55. The molecule has 1 aliphatic heterocycles. The highest BCUT2D eigenvalue weighted by atomic mass is 16.6. The van der Waals surface area contributed by atoms with Crippen LogP contribution in [0, 0.1) is 38.7 Å². The molecule has 0 aromatic heterocycles. The van der Waals surface area contributed by atoms with E-state index in [9.17, 15) is 19.7 Å². The normalized spacial score (nSPS) is 39.9. The number of esters is 1. The first-order chi connectivity index (χ1) is 15.6. The molecule has 1 aromatic carbocycles. The zero-order chi connectivity index (χ0) is 23.5. The molecule has 3 aliphatic carbocycles. The van der Waals surface area contributed by atoms with Gasteiger partial charge in [-0.2, -0.15) is 0 Å². The average molecular weight is 455 g/mol. The summed E-state index contributed by atoms with van der Waals surface area (Å²) in [6.45, 7) is 4.79. The highest BCUT2D eigenvalue weighted by Crippen LogP contribution is 2.65. The third-order valence-electron chi connectivity index (χ3n) is 9.87. The van der Waals surface area contributed by atoms with E-state index in [-0.39, 0.29) is 28.5 Å². The molecule has 5 unspecified atom stereocenters. The number of rotatable bonds is 3. The van der Waals surface area contributed by atoms with Crippen molar-refractivity contribution in [3.05, 3.63) is 39.9 Å². The Morgan fingerprint density at radius 1 is 1.12 bits per heavy atom. The van der Waals surface area contributed by atoms with Crippen LogP contribution in [0.4, 0.5) is 5.69 Å². The zero-order valence-electron chi connectivity index (χ0n) is 19.8. The van der Waals surface area contributed by atoms with Crippen LogP contribution >= 0.6 is 0 Å². The smallest absolute Gasteiger partial charge is 0.338 e. The highest BCUT2D eigenvalue weighted by molar-refractivity contribution is 5.89. The van der Waals surface area contributed by atoms with Crippen LogP contribution in [-0.2, 0) is 9.53 Å². The van der Waals surface area contributed by atoms with Crippen LogP contribution in [0.2, 0.25) is 0 Å². The van der Waals surface area contributed by atoms with Gasteiger partial charge >= 0.3 is 5.97 Å². The summed E-state index contributed by atoms with van der Waals surface area (Å²) >= 11 is 0. The van der Waals surface area contributed by atoms with E-state index >= 15 is 0 Å². The Morgan fingerprint density at radius 2 is 1.85 bits per heavy atom. The van der Waals surface area contributed by atoms with Crippen LogP contribution in [0.5, 0.6) is 0 Å². The minimum atomic E-state index is -0.469. The zero-order valence-corrected chi connectivity index (χ0v) is 19.8. The lowest BCUT2D eigenvalue weighted by atomic mass is 9.47. The topological polar surface area (TPSA) is 89.8 Å². The number of ether oxygens (including phenoxy) is 1. The van der Waals surface area contributed by atoms with E-state index in [1.165, 1.54) is 30.7 Å². The van der Waals surface area contributed by atoms with Gasteiger partial charge < -0.3 is 9.64 Å². The summed E-state index contributed by atoms with van der Waals surface area (Å²) in [6, 6.07) is 6.00. The van der Waals surface area contributed by atoms with E-state index in [1.807, 2.05) is 11.9 Å². The van der Waals surface area contributed by atoms with Crippen LogP contribution in [0.15, 0.2) is 24.3 Å². The Bertz CT molecular complexity index is 977. The summed E-state index contributed by atoms with van der Waals surface area (Å²) in [6.07, 6.45) is 7.87. The van der Waals surface area contributed by atoms with Gasteiger partial charge in [0.25, 0.3) is 5.69 Å². The number of piperidine rings is 1. The van der Waals surface area contributed by atoms with Gasteiger partial charge in [-0.3, -0.25) is 14.9 Å². The lowest BCUT2D eigenvalue weighted by Crippen LogP contribution is -2.61. The van der Waals surface area contributed by atoms with Gasteiger partial charge in [-0.1, -0.05) is 13.8 Å². The molecule has 4 aliphatic rings. The molecule has 1 aromatic rings. The number of amides is 1. The third-order valence-corrected chi connectivity index (χ3v) is 9.87. The molecule has 1 heterocycles. The molecular formula is C26H34N2O5. The highest BCUT2D eigenvalue weighted by Gasteiger charge is 2.60. The standard InChI is InChI=1S/C26H34N2O5/c1-25-12-10-20-19(8-9-22-26(20,2)13-11-23(29)27(22)3)21(25)14-18(15-25)33-24(30)16-4-6-17(7-5-16)28(31)32/h4-7,18-22H,8-15H2,1-3H3/t18?,19?,20?,21?,22?,25-,26-/m1/s1. The Balaban J connectivity index is 1.30. The molecule has 7 atom stereocenters. The molecule has 33 heavy (non-hydrogen) atoms. The van der Waals surface area contributed by atoms with Gasteiger partial charge in [-0.15, -0.1) is 0 Å². The second-order valence-corrected chi connectivity index (χ2v) is 11.4. The molecular weight excluding hydrogens is 420 g/mol. The number of nitro benzene ring substituents is 1. The van der Waals surface area contributed by atoms with Gasteiger partial charge in [0.05, 0.1) is 10.5 Å². The van der Waals surface area contributed by atoms with Crippen molar-refractivity contribution in [2.75, 3.05) is 7.05 Å². The predicted octanol–water partition coefficient (Wildman–Crippen LogP) is 4.98. The number of likely N-dealkylation sites (tertiary alicyclic amines) is 1. The molecule has 0 radical (unpaired) electrons. The van der Waals surface area contributed by atoms with Gasteiger partial charge in [0.1, 0.15) is 6.10 Å². The molecule has 4 fully saturated rings. The van der Waals surface area contributed by atoms with Crippen molar-refractivity contribution in [3.63, 3.8) is 0 Å². The van der Waals surface area contributed by atoms with E-state index in [0.717, 1.165) is 38.5 Å².